The van der Waals surface area contributed by atoms with Crippen molar-refractivity contribution in [3.05, 3.63) is 64.4 Å². The number of nitrogens with one attached hydrogen (secondary N) is 2. The highest BCUT2D eigenvalue weighted by Crippen LogP contribution is 2.18. The Labute approximate surface area is 143 Å². The molecule has 1 amide bonds. The van der Waals surface area contributed by atoms with E-state index in [0.29, 0.717) is 22.4 Å². The first-order valence-corrected chi connectivity index (χ1v) is 7.83. The number of halogens is 1. The first-order chi connectivity index (χ1) is 12.0. The molecule has 1 atom stereocenters. The van der Waals surface area contributed by atoms with Gasteiger partial charge >= 0.3 is 5.76 Å². The number of amides is 1. The van der Waals surface area contributed by atoms with Crippen molar-refractivity contribution in [2.75, 3.05) is 5.32 Å². The van der Waals surface area contributed by atoms with Crippen LogP contribution in [0.1, 0.15) is 12.5 Å². The van der Waals surface area contributed by atoms with Crippen molar-refractivity contribution in [3.8, 4) is 0 Å². The van der Waals surface area contributed by atoms with E-state index in [-0.39, 0.29) is 18.3 Å². The zero-order chi connectivity index (χ0) is 18.0. The van der Waals surface area contributed by atoms with E-state index >= 15 is 0 Å². The van der Waals surface area contributed by atoms with Crippen LogP contribution >= 0.6 is 0 Å². The van der Waals surface area contributed by atoms with Gasteiger partial charge in [0, 0.05) is 30.9 Å². The van der Waals surface area contributed by atoms with E-state index in [0.717, 1.165) is 0 Å². The normalized spacial score (nSPS) is 12.1. The number of benzene rings is 2. The number of nitrogens with zero attached hydrogens (tertiary/aromatic N) is 1. The molecule has 130 valence electrons. The topological polar surface area (TPSA) is 76.3 Å². The monoisotopic (exact) mass is 343 g/mol. The number of oxazole rings is 1. The molecule has 7 heteroatoms. The first kappa shape index (κ1) is 16.8. The second-order valence-electron chi connectivity index (χ2n) is 5.78. The Kier molecular flexibility index (Phi) is 4.56. The number of anilines is 1. The lowest BCUT2D eigenvalue weighted by Crippen LogP contribution is -2.37. The van der Waals surface area contributed by atoms with Gasteiger partial charge in [-0.05, 0) is 25.1 Å². The van der Waals surface area contributed by atoms with Gasteiger partial charge in [0.2, 0.25) is 5.91 Å². The molecule has 1 heterocycles. The van der Waals surface area contributed by atoms with Crippen LogP contribution in [0.3, 0.4) is 0 Å². The van der Waals surface area contributed by atoms with E-state index in [9.17, 15) is 14.0 Å². The van der Waals surface area contributed by atoms with Gasteiger partial charge in [-0.25, -0.2) is 9.18 Å². The minimum Gasteiger partial charge on any atom is -0.408 e. The van der Waals surface area contributed by atoms with E-state index in [1.54, 1.807) is 50.4 Å². The van der Waals surface area contributed by atoms with Crippen LogP contribution in [0.25, 0.3) is 11.1 Å². The van der Waals surface area contributed by atoms with E-state index < -0.39 is 11.8 Å². The molecule has 3 aromatic rings. The van der Waals surface area contributed by atoms with Crippen molar-refractivity contribution in [1.82, 2.24) is 9.88 Å². The summed E-state index contributed by atoms with van der Waals surface area (Å²) in [4.78, 5) is 23.7. The Hall–Kier alpha value is -3.09. The third kappa shape index (κ3) is 3.55. The van der Waals surface area contributed by atoms with Crippen molar-refractivity contribution in [2.24, 2.45) is 7.05 Å². The Morgan fingerprint density at radius 1 is 1.28 bits per heavy atom. The van der Waals surface area contributed by atoms with Gasteiger partial charge < -0.3 is 15.1 Å². The summed E-state index contributed by atoms with van der Waals surface area (Å²) in [5.41, 5.74) is 2.19. The van der Waals surface area contributed by atoms with Crippen LogP contribution in [0.15, 0.2) is 51.7 Å². The largest absolute Gasteiger partial charge is 0.419 e. The van der Waals surface area contributed by atoms with Gasteiger partial charge in [-0.3, -0.25) is 9.36 Å². The maximum atomic E-state index is 13.6. The standard InChI is InChI=1S/C18H18FN3O3/c1-11(17(23)20-10-12-5-3-4-6-14(12)19)21-13-7-8-15-16(9-13)25-18(24)22(15)2/h3-9,11,21H,10H2,1-2H3,(H,20,23)/t11-/m1/s1. The molecule has 0 radical (unpaired) electrons. The highest BCUT2D eigenvalue weighted by atomic mass is 19.1. The van der Waals surface area contributed by atoms with E-state index in [4.69, 9.17) is 4.42 Å². The number of aromatic nitrogens is 1. The molecule has 0 spiro atoms. The predicted molar refractivity (Wildman–Crippen MR) is 92.8 cm³/mol. The maximum absolute atomic E-state index is 13.6. The van der Waals surface area contributed by atoms with Crippen molar-refractivity contribution in [3.63, 3.8) is 0 Å². The van der Waals surface area contributed by atoms with Crippen molar-refractivity contribution in [1.29, 1.82) is 0 Å². The van der Waals surface area contributed by atoms with Crippen LogP contribution in [-0.4, -0.2) is 16.5 Å². The zero-order valence-electron chi connectivity index (χ0n) is 13.9. The lowest BCUT2D eigenvalue weighted by molar-refractivity contribution is -0.121. The molecule has 0 saturated heterocycles. The van der Waals surface area contributed by atoms with Crippen molar-refractivity contribution < 1.29 is 13.6 Å². The Balaban J connectivity index is 1.65. The summed E-state index contributed by atoms with van der Waals surface area (Å²) in [6.45, 7) is 1.81. The van der Waals surface area contributed by atoms with Gasteiger partial charge in [0.1, 0.15) is 11.9 Å². The minimum absolute atomic E-state index is 0.115. The molecule has 1 aromatic heterocycles. The third-order valence-corrected chi connectivity index (χ3v) is 3.98. The van der Waals surface area contributed by atoms with E-state index in [2.05, 4.69) is 10.6 Å². The average Bonchev–Trinajstić information content (AvgIpc) is 2.87. The molecule has 0 unspecified atom stereocenters. The van der Waals surface area contributed by atoms with Crippen LogP contribution in [0.2, 0.25) is 0 Å². The molecule has 0 saturated carbocycles. The van der Waals surface area contributed by atoms with Gasteiger partial charge in [0.25, 0.3) is 0 Å². The molecule has 0 bridgehead atoms. The number of hydrogen-bond acceptors (Lipinski definition) is 4. The molecule has 2 N–H and O–H groups in total. The van der Waals surface area contributed by atoms with E-state index in [1.165, 1.54) is 10.6 Å². The number of carbonyl (C=O) groups excluding carboxylic acids is 1. The molecule has 0 aliphatic heterocycles. The lowest BCUT2D eigenvalue weighted by Gasteiger charge is -2.15. The fraction of sp³-hybridized carbons (Fsp3) is 0.222. The van der Waals surface area contributed by atoms with Crippen LogP contribution < -0.4 is 16.4 Å². The number of rotatable bonds is 5. The molecular formula is C18H18FN3O3. The SMILES string of the molecule is C[C@@H](Nc1ccc2c(c1)oc(=O)n2C)C(=O)NCc1ccccc1F. The van der Waals surface area contributed by atoms with Gasteiger partial charge in [-0.1, -0.05) is 18.2 Å². The molecule has 0 fully saturated rings. The molecule has 0 aliphatic rings. The molecule has 0 aliphatic carbocycles. The summed E-state index contributed by atoms with van der Waals surface area (Å²) in [5, 5.41) is 5.73. The Morgan fingerprint density at radius 2 is 2.04 bits per heavy atom. The number of aryl methyl sites for hydroxylation is 1. The summed E-state index contributed by atoms with van der Waals surface area (Å²) in [5.74, 6) is -1.06. The zero-order valence-corrected chi connectivity index (χ0v) is 13.9. The van der Waals surface area contributed by atoms with Crippen molar-refractivity contribution in [2.45, 2.75) is 19.5 Å². The summed E-state index contributed by atoms with van der Waals surface area (Å²) in [6.07, 6.45) is 0. The summed E-state index contributed by atoms with van der Waals surface area (Å²) in [7, 11) is 1.63. The molecule has 2 aromatic carbocycles. The van der Waals surface area contributed by atoms with Crippen LogP contribution in [-0.2, 0) is 18.4 Å². The number of hydrogen-bond donors (Lipinski definition) is 2. The molecular weight excluding hydrogens is 325 g/mol. The highest BCUT2D eigenvalue weighted by molar-refractivity contribution is 5.85. The number of fused-ring (bicyclic) bond motifs is 1. The Bertz CT molecular complexity index is 977. The van der Waals surface area contributed by atoms with Gasteiger partial charge in [-0.15, -0.1) is 0 Å². The highest BCUT2D eigenvalue weighted by Gasteiger charge is 2.14. The van der Waals surface area contributed by atoms with Crippen molar-refractivity contribution >= 4 is 22.7 Å². The third-order valence-electron chi connectivity index (χ3n) is 3.98. The summed E-state index contributed by atoms with van der Waals surface area (Å²) in [6, 6.07) is 10.9. The second-order valence-corrected chi connectivity index (χ2v) is 5.78. The smallest absolute Gasteiger partial charge is 0.408 e. The maximum Gasteiger partial charge on any atom is 0.419 e. The predicted octanol–water partition coefficient (Wildman–Crippen LogP) is 2.39. The molecule has 25 heavy (non-hydrogen) atoms. The lowest BCUT2D eigenvalue weighted by atomic mass is 10.2. The summed E-state index contributed by atoms with van der Waals surface area (Å²) < 4.78 is 20.1. The first-order valence-electron chi connectivity index (χ1n) is 7.83. The van der Waals surface area contributed by atoms with Gasteiger partial charge in [0.15, 0.2) is 5.58 Å². The van der Waals surface area contributed by atoms with Crippen LogP contribution in [0, 0.1) is 5.82 Å². The fourth-order valence-corrected chi connectivity index (χ4v) is 2.52. The van der Waals surface area contributed by atoms with E-state index in [1.807, 2.05) is 0 Å². The molecule has 3 rings (SSSR count). The number of carbonyl (C=O) groups is 1. The fourth-order valence-electron chi connectivity index (χ4n) is 2.52. The van der Waals surface area contributed by atoms with Gasteiger partial charge in [-0.2, -0.15) is 0 Å². The van der Waals surface area contributed by atoms with Gasteiger partial charge in [0.05, 0.1) is 5.52 Å². The Morgan fingerprint density at radius 3 is 2.80 bits per heavy atom. The average molecular weight is 343 g/mol. The molecule has 6 nitrogen and oxygen atoms in total. The van der Waals surface area contributed by atoms with Crippen LogP contribution in [0.5, 0.6) is 0 Å². The summed E-state index contributed by atoms with van der Waals surface area (Å²) >= 11 is 0. The van der Waals surface area contributed by atoms with Crippen LogP contribution in [0.4, 0.5) is 10.1 Å². The minimum atomic E-state index is -0.542. The second kappa shape index (κ2) is 6.80. The quantitative estimate of drug-likeness (QED) is 0.746.